The van der Waals surface area contributed by atoms with Crippen molar-refractivity contribution in [3.63, 3.8) is 0 Å². The minimum atomic E-state index is 0.0253. The Balaban J connectivity index is 2.31. The summed E-state index contributed by atoms with van der Waals surface area (Å²) in [5.74, 6) is 0. The summed E-state index contributed by atoms with van der Waals surface area (Å²) in [5.41, 5.74) is 3.77. The van der Waals surface area contributed by atoms with Crippen LogP contribution in [-0.2, 0) is 13.6 Å². The highest BCUT2D eigenvalue weighted by molar-refractivity contribution is 5.30. The smallest absolute Gasteiger partial charge is 0.309 e. The number of aryl methyl sites for hydroxylation is 3. The van der Waals surface area contributed by atoms with Crippen molar-refractivity contribution in [1.29, 1.82) is 0 Å². The minimum Gasteiger partial charge on any atom is -0.309 e. The van der Waals surface area contributed by atoms with Crippen LogP contribution in [0, 0.1) is 13.8 Å². The number of imidazole rings is 1. The van der Waals surface area contributed by atoms with E-state index in [-0.39, 0.29) is 11.7 Å². The van der Waals surface area contributed by atoms with Crippen molar-refractivity contribution in [2.45, 2.75) is 33.4 Å². The van der Waals surface area contributed by atoms with Crippen LogP contribution in [0.15, 0.2) is 35.4 Å². The van der Waals surface area contributed by atoms with Crippen LogP contribution in [0.2, 0.25) is 0 Å². The van der Waals surface area contributed by atoms with E-state index in [1.165, 1.54) is 16.7 Å². The molecule has 0 spiro atoms. The molecule has 0 aliphatic carbocycles. The van der Waals surface area contributed by atoms with Crippen LogP contribution in [0.3, 0.4) is 0 Å². The zero-order valence-electron chi connectivity index (χ0n) is 12.7. The quantitative estimate of drug-likeness (QED) is 0.906. The van der Waals surface area contributed by atoms with Crippen LogP contribution in [-0.4, -0.2) is 15.7 Å². The lowest BCUT2D eigenvalue weighted by Crippen LogP contribution is -2.30. The fourth-order valence-electron chi connectivity index (χ4n) is 2.59. The van der Waals surface area contributed by atoms with Crippen molar-refractivity contribution in [2.24, 2.45) is 7.05 Å². The first-order valence-corrected chi connectivity index (χ1v) is 7.04. The van der Waals surface area contributed by atoms with E-state index in [0.717, 1.165) is 6.54 Å². The lowest BCUT2D eigenvalue weighted by molar-refractivity contribution is 0.464. The molecule has 0 saturated heterocycles. The molecule has 0 aliphatic heterocycles. The number of likely N-dealkylation sites (N-methyl/N-ethyl adjacent to an activating group) is 1. The Bertz CT molecular complexity index is 619. The molecule has 4 nitrogen and oxygen atoms in total. The van der Waals surface area contributed by atoms with Crippen LogP contribution in [0.1, 0.15) is 29.7 Å². The van der Waals surface area contributed by atoms with E-state index in [4.69, 9.17) is 0 Å². The zero-order valence-corrected chi connectivity index (χ0v) is 12.7. The molecule has 0 aliphatic rings. The monoisotopic (exact) mass is 273 g/mol. The molecular formula is C16H23N3O. The van der Waals surface area contributed by atoms with Crippen molar-refractivity contribution in [3.8, 4) is 0 Å². The van der Waals surface area contributed by atoms with Crippen molar-refractivity contribution in [3.05, 3.63) is 57.8 Å². The summed E-state index contributed by atoms with van der Waals surface area (Å²) in [6.07, 6.45) is 3.64. The summed E-state index contributed by atoms with van der Waals surface area (Å²) in [5, 5.41) is 3.47. The molecule has 2 rings (SSSR count). The predicted molar refractivity (Wildman–Crippen MR) is 82.0 cm³/mol. The molecule has 108 valence electrons. The van der Waals surface area contributed by atoms with Gasteiger partial charge in [-0.3, -0.25) is 4.57 Å². The van der Waals surface area contributed by atoms with Gasteiger partial charge in [0.25, 0.3) is 0 Å². The minimum absolute atomic E-state index is 0.0253. The Kier molecular flexibility index (Phi) is 4.45. The average molecular weight is 273 g/mol. The Morgan fingerprint density at radius 3 is 2.30 bits per heavy atom. The van der Waals surface area contributed by atoms with Gasteiger partial charge >= 0.3 is 5.69 Å². The first-order chi connectivity index (χ1) is 9.51. The number of nitrogens with zero attached hydrogens (tertiary/aromatic N) is 2. The Morgan fingerprint density at radius 2 is 1.80 bits per heavy atom. The third-order valence-corrected chi connectivity index (χ3v) is 3.49. The van der Waals surface area contributed by atoms with E-state index in [1.807, 2.05) is 6.20 Å². The SMILES string of the molecule is CCNC(Cn1ccn(C)c1=O)c1cc(C)cc(C)c1. The van der Waals surface area contributed by atoms with E-state index < -0.39 is 0 Å². The largest absolute Gasteiger partial charge is 0.327 e. The van der Waals surface area contributed by atoms with Gasteiger partial charge in [-0.15, -0.1) is 0 Å². The average Bonchev–Trinajstić information content (AvgIpc) is 2.69. The van der Waals surface area contributed by atoms with Crippen molar-refractivity contribution >= 4 is 0 Å². The second-order valence-corrected chi connectivity index (χ2v) is 5.38. The molecule has 1 aromatic carbocycles. The summed E-state index contributed by atoms with van der Waals surface area (Å²) >= 11 is 0. The van der Waals surface area contributed by atoms with Crippen molar-refractivity contribution in [1.82, 2.24) is 14.5 Å². The fourth-order valence-corrected chi connectivity index (χ4v) is 2.59. The summed E-state index contributed by atoms with van der Waals surface area (Å²) in [6.45, 7) is 7.82. The molecule has 20 heavy (non-hydrogen) atoms. The lowest BCUT2D eigenvalue weighted by Gasteiger charge is -2.19. The summed E-state index contributed by atoms with van der Waals surface area (Å²) in [6, 6.07) is 6.70. The maximum Gasteiger partial charge on any atom is 0.327 e. The fraction of sp³-hybridized carbons (Fsp3) is 0.438. The van der Waals surface area contributed by atoms with Gasteiger partial charge in [0.15, 0.2) is 0 Å². The predicted octanol–water partition coefficient (Wildman–Crippen LogP) is 2.15. The molecule has 1 N–H and O–H groups in total. The van der Waals surface area contributed by atoms with E-state index in [9.17, 15) is 4.79 Å². The number of aromatic nitrogens is 2. The highest BCUT2D eigenvalue weighted by Gasteiger charge is 2.13. The normalized spacial score (nSPS) is 12.6. The number of nitrogens with one attached hydrogen (secondary N) is 1. The van der Waals surface area contributed by atoms with Crippen LogP contribution in [0.5, 0.6) is 0 Å². The topological polar surface area (TPSA) is 39.0 Å². The van der Waals surface area contributed by atoms with Crippen molar-refractivity contribution in [2.75, 3.05) is 6.54 Å². The first kappa shape index (κ1) is 14.6. The van der Waals surface area contributed by atoms with Gasteiger partial charge in [0.2, 0.25) is 0 Å². The molecule has 1 aromatic heterocycles. The van der Waals surface area contributed by atoms with E-state index >= 15 is 0 Å². The van der Waals surface area contributed by atoms with Gasteiger partial charge in [-0.1, -0.05) is 36.2 Å². The number of benzene rings is 1. The third-order valence-electron chi connectivity index (χ3n) is 3.49. The summed E-state index contributed by atoms with van der Waals surface area (Å²) < 4.78 is 3.36. The first-order valence-electron chi connectivity index (χ1n) is 7.04. The van der Waals surface area contributed by atoms with Gasteiger partial charge in [-0.25, -0.2) is 4.79 Å². The number of hydrogen-bond acceptors (Lipinski definition) is 2. The summed E-state index contributed by atoms with van der Waals surface area (Å²) in [4.78, 5) is 12.0. The van der Waals surface area contributed by atoms with Gasteiger partial charge < -0.3 is 9.88 Å². The third kappa shape index (κ3) is 3.20. The van der Waals surface area contributed by atoms with Crippen LogP contribution in [0.4, 0.5) is 0 Å². The van der Waals surface area contributed by atoms with Gasteiger partial charge in [-0.05, 0) is 26.0 Å². The molecule has 0 fully saturated rings. The molecule has 0 radical (unpaired) electrons. The molecule has 0 bridgehead atoms. The van der Waals surface area contributed by atoms with Gasteiger partial charge in [0.1, 0.15) is 0 Å². The molecule has 0 amide bonds. The second-order valence-electron chi connectivity index (χ2n) is 5.38. The Morgan fingerprint density at radius 1 is 1.15 bits per heavy atom. The van der Waals surface area contributed by atoms with Gasteiger partial charge in [0.05, 0.1) is 6.04 Å². The molecular weight excluding hydrogens is 250 g/mol. The number of rotatable bonds is 5. The second kappa shape index (κ2) is 6.09. The van der Waals surface area contributed by atoms with Gasteiger partial charge in [0, 0.05) is 26.0 Å². The lowest BCUT2D eigenvalue weighted by atomic mass is 10.0. The maximum atomic E-state index is 12.0. The molecule has 1 atom stereocenters. The molecule has 1 unspecified atom stereocenters. The van der Waals surface area contributed by atoms with E-state index in [2.05, 4.69) is 44.3 Å². The standard InChI is InChI=1S/C16H23N3O/c1-5-17-15(11-19-7-6-18(4)16(19)20)14-9-12(2)8-13(3)10-14/h6-10,15,17H,5,11H2,1-4H3. The highest BCUT2D eigenvalue weighted by Crippen LogP contribution is 2.18. The Hall–Kier alpha value is -1.81. The van der Waals surface area contributed by atoms with E-state index in [0.29, 0.717) is 6.54 Å². The number of hydrogen-bond donors (Lipinski definition) is 1. The van der Waals surface area contributed by atoms with E-state index in [1.54, 1.807) is 22.4 Å². The molecule has 4 heteroatoms. The molecule has 2 aromatic rings. The Labute approximate surface area is 120 Å². The molecule has 1 heterocycles. The van der Waals surface area contributed by atoms with Crippen LogP contribution in [0.25, 0.3) is 0 Å². The zero-order chi connectivity index (χ0) is 14.7. The van der Waals surface area contributed by atoms with Gasteiger partial charge in [-0.2, -0.15) is 0 Å². The summed E-state index contributed by atoms with van der Waals surface area (Å²) in [7, 11) is 1.78. The highest BCUT2D eigenvalue weighted by atomic mass is 16.1. The van der Waals surface area contributed by atoms with Crippen LogP contribution < -0.4 is 11.0 Å². The van der Waals surface area contributed by atoms with Crippen LogP contribution >= 0.6 is 0 Å². The maximum absolute atomic E-state index is 12.0. The van der Waals surface area contributed by atoms with Crippen molar-refractivity contribution < 1.29 is 0 Å². The molecule has 0 saturated carbocycles.